The van der Waals surface area contributed by atoms with Gasteiger partial charge in [-0.2, -0.15) is 13.2 Å². The molecular weight excluding hydrogens is 370 g/mol. The molecule has 0 atom stereocenters. The average Bonchev–Trinajstić information content (AvgIpc) is 2.62. The Bertz CT molecular complexity index is 830. The minimum Gasteiger partial charge on any atom is -0.482 e. The molecule has 1 fully saturated rings. The lowest BCUT2D eigenvalue weighted by Gasteiger charge is -2.38. The number of halogens is 4. The van der Waals surface area contributed by atoms with Crippen LogP contribution < -0.4 is 4.74 Å². The number of hydrogen-bond acceptors (Lipinski definition) is 4. The van der Waals surface area contributed by atoms with E-state index >= 15 is 0 Å². The summed E-state index contributed by atoms with van der Waals surface area (Å²) in [6.45, 7) is 0.511. The largest absolute Gasteiger partial charge is 0.482 e. The van der Waals surface area contributed by atoms with E-state index < -0.39 is 28.1 Å². The van der Waals surface area contributed by atoms with Crippen molar-refractivity contribution in [3.63, 3.8) is 0 Å². The zero-order valence-electron chi connectivity index (χ0n) is 14.0. The number of nitrogens with zero attached hydrogens (tertiary/aromatic N) is 1. The molecule has 5 nitrogen and oxygen atoms in total. The average molecular weight is 385 g/mol. The highest BCUT2D eigenvalue weighted by molar-refractivity contribution is 5.38. The van der Waals surface area contributed by atoms with Crippen molar-refractivity contribution >= 4 is 5.69 Å². The molecule has 2 aromatic rings. The molecule has 0 N–H and O–H groups in total. The van der Waals surface area contributed by atoms with Crippen LogP contribution in [-0.2, 0) is 16.5 Å². The van der Waals surface area contributed by atoms with E-state index in [1.165, 1.54) is 30.3 Å². The van der Waals surface area contributed by atoms with Crippen molar-refractivity contribution in [1.82, 2.24) is 0 Å². The lowest BCUT2D eigenvalue weighted by molar-refractivity contribution is -0.384. The maximum absolute atomic E-state index is 13.7. The number of nitro groups is 1. The Morgan fingerprint density at radius 3 is 2.26 bits per heavy atom. The van der Waals surface area contributed by atoms with Gasteiger partial charge < -0.3 is 9.47 Å². The highest BCUT2D eigenvalue weighted by Crippen LogP contribution is 2.40. The summed E-state index contributed by atoms with van der Waals surface area (Å²) in [5.41, 5.74) is -2.47. The number of hydrogen-bond donors (Lipinski definition) is 0. The smallest absolute Gasteiger partial charge is 0.419 e. The van der Waals surface area contributed by atoms with Gasteiger partial charge in [-0.15, -0.1) is 0 Å². The molecule has 3 rings (SSSR count). The van der Waals surface area contributed by atoms with Crippen molar-refractivity contribution < 1.29 is 32.0 Å². The van der Waals surface area contributed by atoms with Gasteiger partial charge in [-0.1, -0.05) is 6.07 Å². The molecule has 1 saturated heterocycles. The maximum Gasteiger partial charge on any atom is 0.419 e. The molecule has 27 heavy (non-hydrogen) atoms. The fourth-order valence-electron chi connectivity index (χ4n) is 3.04. The first kappa shape index (κ1) is 19.1. The molecule has 0 spiro atoms. The van der Waals surface area contributed by atoms with Crippen LogP contribution in [0.3, 0.4) is 0 Å². The molecule has 0 radical (unpaired) electrons. The fraction of sp³-hybridized carbons (Fsp3) is 0.333. The lowest BCUT2D eigenvalue weighted by Crippen LogP contribution is -2.39. The van der Waals surface area contributed by atoms with Crippen LogP contribution in [0, 0.1) is 15.9 Å². The van der Waals surface area contributed by atoms with Gasteiger partial charge in [0, 0.05) is 25.0 Å². The van der Waals surface area contributed by atoms with Crippen molar-refractivity contribution in [2.24, 2.45) is 0 Å². The highest BCUT2D eigenvalue weighted by Gasteiger charge is 2.40. The van der Waals surface area contributed by atoms with Gasteiger partial charge in [0.25, 0.3) is 5.69 Å². The van der Waals surface area contributed by atoms with E-state index in [9.17, 15) is 27.7 Å². The number of benzene rings is 2. The molecule has 0 unspecified atom stereocenters. The maximum atomic E-state index is 13.7. The van der Waals surface area contributed by atoms with Gasteiger partial charge in [0.15, 0.2) is 0 Å². The number of rotatable bonds is 4. The standard InChI is InChI=1S/C18H15F4NO4/c19-16-6-1-12(11-15(16)18(20,21)22)17(7-9-26-10-8-17)27-14-4-2-13(3-5-14)23(24)25/h1-6,11H,7-10H2. The second kappa shape index (κ2) is 7.15. The molecule has 0 aliphatic carbocycles. The Balaban J connectivity index is 1.99. The third-order valence-corrected chi connectivity index (χ3v) is 4.46. The topological polar surface area (TPSA) is 61.6 Å². The minimum absolute atomic E-state index is 0.135. The Morgan fingerprint density at radius 1 is 1.07 bits per heavy atom. The van der Waals surface area contributed by atoms with Crippen molar-refractivity contribution in [2.45, 2.75) is 24.6 Å². The summed E-state index contributed by atoms with van der Waals surface area (Å²) >= 11 is 0. The summed E-state index contributed by atoms with van der Waals surface area (Å²) in [4.78, 5) is 10.2. The van der Waals surface area contributed by atoms with Crippen molar-refractivity contribution in [3.05, 3.63) is 69.5 Å². The van der Waals surface area contributed by atoms with E-state index in [2.05, 4.69) is 0 Å². The second-order valence-corrected chi connectivity index (χ2v) is 6.15. The van der Waals surface area contributed by atoms with Crippen molar-refractivity contribution in [2.75, 3.05) is 13.2 Å². The van der Waals surface area contributed by atoms with Crippen LogP contribution in [0.4, 0.5) is 23.2 Å². The molecule has 0 amide bonds. The van der Waals surface area contributed by atoms with Gasteiger partial charge in [-0.3, -0.25) is 10.1 Å². The third-order valence-electron chi connectivity index (χ3n) is 4.46. The Morgan fingerprint density at radius 2 is 1.70 bits per heavy atom. The molecule has 0 saturated carbocycles. The summed E-state index contributed by atoms with van der Waals surface area (Å²) in [7, 11) is 0. The molecule has 2 aromatic carbocycles. The Kier molecular flexibility index (Phi) is 5.05. The van der Waals surface area contributed by atoms with Gasteiger partial charge >= 0.3 is 6.18 Å². The normalized spacial score (nSPS) is 16.7. The number of ether oxygens (including phenoxy) is 2. The van der Waals surface area contributed by atoms with Gasteiger partial charge in [0.05, 0.1) is 23.7 Å². The van der Waals surface area contributed by atoms with Crippen molar-refractivity contribution in [3.8, 4) is 5.75 Å². The van der Waals surface area contributed by atoms with Gasteiger partial charge in [-0.25, -0.2) is 4.39 Å². The van der Waals surface area contributed by atoms with Crippen LogP contribution >= 0.6 is 0 Å². The Labute approximate surface area is 151 Å². The molecule has 1 aliphatic heterocycles. The first-order valence-electron chi connectivity index (χ1n) is 8.10. The third kappa shape index (κ3) is 4.02. The zero-order valence-corrected chi connectivity index (χ0v) is 14.0. The lowest BCUT2D eigenvalue weighted by atomic mass is 9.85. The van der Waals surface area contributed by atoms with Crippen LogP contribution in [-0.4, -0.2) is 18.1 Å². The van der Waals surface area contributed by atoms with E-state index in [0.717, 1.165) is 12.1 Å². The predicted octanol–water partition coefficient (Wildman–Crippen LogP) is 4.84. The summed E-state index contributed by atoms with van der Waals surface area (Å²) in [6, 6.07) is 8.04. The van der Waals surface area contributed by atoms with Gasteiger partial charge in [0.2, 0.25) is 0 Å². The zero-order chi connectivity index (χ0) is 19.7. The quantitative estimate of drug-likeness (QED) is 0.429. The fourth-order valence-corrected chi connectivity index (χ4v) is 3.04. The highest BCUT2D eigenvalue weighted by atomic mass is 19.4. The van der Waals surface area contributed by atoms with E-state index in [-0.39, 0.29) is 43.1 Å². The Hall–Kier alpha value is -2.68. The number of non-ortho nitro benzene ring substituents is 1. The first-order valence-corrected chi connectivity index (χ1v) is 8.10. The molecule has 9 heteroatoms. The monoisotopic (exact) mass is 385 g/mol. The molecule has 0 aromatic heterocycles. The van der Waals surface area contributed by atoms with Crippen LogP contribution in [0.25, 0.3) is 0 Å². The molecule has 1 heterocycles. The van der Waals surface area contributed by atoms with E-state index in [0.29, 0.717) is 0 Å². The van der Waals surface area contributed by atoms with Crippen molar-refractivity contribution in [1.29, 1.82) is 0 Å². The minimum atomic E-state index is -4.83. The van der Waals surface area contributed by atoms with E-state index in [4.69, 9.17) is 9.47 Å². The van der Waals surface area contributed by atoms with Crippen LogP contribution in [0.2, 0.25) is 0 Å². The summed E-state index contributed by atoms with van der Waals surface area (Å²) in [5, 5.41) is 10.8. The molecule has 0 bridgehead atoms. The van der Waals surface area contributed by atoms with E-state index in [1.54, 1.807) is 0 Å². The summed E-state index contributed by atoms with van der Waals surface area (Å²) < 4.78 is 64.2. The first-order chi connectivity index (χ1) is 12.7. The van der Waals surface area contributed by atoms with Gasteiger partial charge in [0.1, 0.15) is 17.2 Å². The van der Waals surface area contributed by atoms with Gasteiger partial charge in [-0.05, 0) is 29.8 Å². The molecule has 144 valence electrons. The molecule has 1 aliphatic rings. The summed E-state index contributed by atoms with van der Waals surface area (Å²) in [5.74, 6) is -1.09. The second-order valence-electron chi connectivity index (χ2n) is 6.15. The van der Waals surface area contributed by atoms with Crippen LogP contribution in [0.15, 0.2) is 42.5 Å². The predicted molar refractivity (Wildman–Crippen MR) is 86.9 cm³/mol. The molecular formula is C18H15F4NO4. The summed E-state index contributed by atoms with van der Waals surface area (Å²) in [6.07, 6.45) is -4.32. The SMILES string of the molecule is O=[N+]([O-])c1ccc(OC2(c3ccc(F)c(C(F)(F)F)c3)CCOCC2)cc1. The van der Waals surface area contributed by atoms with Crippen LogP contribution in [0.5, 0.6) is 5.75 Å². The number of alkyl halides is 3. The van der Waals surface area contributed by atoms with E-state index in [1.807, 2.05) is 0 Å². The number of nitro benzene ring substituents is 1. The van der Waals surface area contributed by atoms with Crippen LogP contribution in [0.1, 0.15) is 24.0 Å².